The number of pyridine rings is 1. The van der Waals surface area contributed by atoms with Crippen LogP contribution in [0, 0.1) is 5.92 Å². The summed E-state index contributed by atoms with van der Waals surface area (Å²) in [6.45, 7) is 4.61. The van der Waals surface area contributed by atoms with Gasteiger partial charge in [0.1, 0.15) is 0 Å². The number of aromatic nitrogens is 1. The Morgan fingerprint density at radius 2 is 1.64 bits per heavy atom. The zero-order valence-corrected chi connectivity index (χ0v) is 19.5. The fourth-order valence-corrected chi connectivity index (χ4v) is 4.61. The van der Waals surface area contributed by atoms with Gasteiger partial charge in [0.25, 0.3) is 0 Å². The standard InChI is InChI=1S/C18H27N3O.2C2HF3O2/c1-22-18-7-9-21(15-5-2-6-15)17-13-20(12-16(17)18)11-14-4-3-8-19-10-14;2*3-2(4,5)1(6)7/h3-4,8,10,15-18H,2,5-7,9,11-13H2,1H3;2*(H,6,7)/t16-,17+,18-;;/m0../s1. The van der Waals surface area contributed by atoms with E-state index in [0.717, 1.165) is 12.6 Å². The Hall–Kier alpha value is -2.45. The van der Waals surface area contributed by atoms with Crippen molar-refractivity contribution in [2.45, 2.75) is 62.8 Å². The van der Waals surface area contributed by atoms with Crippen LogP contribution in [0.2, 0.25) is 0 Å². The molecule has 1 saturated carbocycles. The highest BCUT2D eigenvalue weighted by atomic mass is 19.4. The summed E-state index contributed by atoms with van der Waals surface area (Å²) in [6, 6.07) is 5.77. The third kappa shape index (κ3) is 8.59. The predicted molar refractivity (Wildman–Crippen MR) is 114 cm³/mol. The average molecular weight is 529 g/mol. The molecule has 2 saturated heterocycles. The van der Waals surface area contributed by atoms with Crippen LogP contribution < -0.4 is 0 Å². The Morgan fingerprint density at radius 3 is 2.06 bits per heavy atom. The smallest absolute Gasteiger partial charge is 0.475 e. The second-order valence-electron chi connectivity index (χ2n) is 8.78. The zero-order chi connectivity index (χ0) is 27.1. The average Bonchev–Trinajstić information content (AvgIpc) is 3.17. The van der Waals surface area contributed by atoms with Crippen LogP contribution in [0.4, 0.5) is 26.3 Å². The molecule has 0 spiro atoms. The first-order valence-electron chi connectivity index (χ1n) is 11.2. The molecular formula is C22H29F6N3O5. The number of methoxy groups -OCH3 is 1. The molecule has 3 aliphatic rings. The van der Waals surface area contributed by atoms with Crippen molar-refractivity contribution in [2.75, 3.05) is 26.7 Å². The molecule has 0 bridgehead atoms. The predicted octanol–water partition coefficient (Wildman–Crippen LogP) is 3.42. The number of piperidine rings is 1. The fraction of sp³-hybridized carbons (Fsp3) is 0.682. The third-order valence-corrected chi connectivity index (χ3v) is 6.44. The van der Waals surface area contributed by atoms with Gasteiger partial charge in [0.2, 0.25) is 0 Å². The van der Waals surface area contributed by atoms with Gasteiger partial charge in [-0.1, -0.05) is 12.5 Å². The number of nitrogens with zero attached hydrogens (tertiary/aromatic N) is 3. The number of rotatable bonds is 4. The normalized spacial score (nSPS) is 24.9. The van der Waals surface area contributed by atoms with Gasteiger partial charge in [-0.2, -0.15) is 26.3 Å². The molecule has 2 aliphatic heterocycles. The lowest BCUT2D eigenvalue weighted by atomic mass is 9.83. The summed E-state index contributed by atoms with van der Waals surface area (Å²) >= 11 is 0. The first-order valence-corrected chi connectivity index (χ1v) is 11.2. The zero-order valence-electron chi connectivity index (χ0n) is 19.5. The van der Waals surface area contributed by atoms with Crippen LogP contribution in [-0.2, 0) is 20.9 Å². The lowest BCUT2D eigenvalue weighted by Gasteiger charge is -2.48. The van der Waals surface area contributed by atoms with Gasteiger partial charge in [-0.05, 0) is 30.9 Å². The topological polar surface area (TPSA) is 103 Å². The highest BCUT2D eigenvalue weighted by molar-refractivity contribution is 5.73. The van der Waals surface area contributed by atoms with E-state index in [9.17, 15) is 26.3 Å². The molecule has 3 atom stereocenters. The van der Waals surface area contributed by atoms with E-state index >= 15 is 0 Å². The number of aliphatic carboxylic acids is 2. The Kier molecular flexibility index (Phi) is 10.5. The SMILES string of the molecule is CO[C@H]1CCN(C2CCC2)[C@@H]2CN(Cc3cccnc3)C[C@H]12.O=C(O)C(F)(F)F.O=C(O)C(F)(F)F. The van der Waals surface area contributed by atoms with Crippen molar-refractivity contribution in [3.05, 3.63) is 30.1 Å². The first-order chi connectivity index (χ1) is 16.7. The van der Waals surface area contributed by atoms with Gasteiger partial charge < -0.3 is 14.9 Å². The Bertz CT molecular complexity index is 827. The highest BCUT2D eigenvalue weighted by Gasteiger charge is 2.47. The van der Waals surface area contributed by atoms with Crippen molar-refractivity contribution in [2.24, 2.45) is 5.92 Å². The van der Waals surface area contributed by atoms with E-state index in [2.05, 4.69) is 20.9 Å². The van der Waals surface area contributed by atoms with Crippen LogP contribution in [0.3, 0.4) is 0 Å². The highest BCUT2D eigenvalue weighted by Crippen LogP contribution is 2.38. The van der Waals surface area contributed by atoms with Crippen LogP contribution in [0.25, 0.3) is 0 Å². The minimum Gasteiger partial charge on any atom is -0.475 e. The van der Waals surface area contributed by atoms with Crippen molar-refractivity contribution in [3.63, 3.8) is 0 Å². The van der Waals surface area contributed by atoms with Gasteiger partial charge in [-0.25, -0.2) is 9.59 Å². The molecule has 0 amide bonds. The Labute approximate surface area is 203 Å². The molecule has 1 aromatic rings. The Balaban J connectivity index is 0.000000271. The monoisotopic (exact) mass is 529 g/mol. The summed E-state index contributed by atoms with van der Waals surface area (Å²) in [5, 5.41) is 14.2. The first kappa shape index (κ1) is 29.8. The van der Waals surface area contributed by atoms with E-state index in [1.54, 1.807) is 0 Å². The number of hydrogen-bond acceptors (Lipinski definition) is 6. The van der Waals surface area contributed by atoms with E-state index < -0.39 is 24.3 Å². The molecular weight excluding hydrogens is 500 g/mol. The maximum Gasteiger partial charge on any atom is 0.490 e. The van der Waals surface area contributed by atoms with E-state index in [-0.39, 0.29) is 0 Å². The lowest BCUT2D eigenvalue weighted by molar-refractivity contribution is -0.193. The number of halogens is 6. The molecule has 36 heavy (non-hydrogen) atoms. The summed E-state index contributed by atoms with van der Waals surface area (Å²) in [6.07, 6.45) is -0.431. The maximum absolute atomic E-state index is 10.6. The summed E-state index contributed by atoms with van der Waals surface area (Å²) in [5.74, 6) is -4.84. The fourth-order valence-electron chi connectivity index (χ4n) is 4.61. The number of fused-ring (bicyclic) bond motifs is 1. The lowest BCUT2D eigenvalue weighted by Crippen LogP contribution is -2.56. The largest absolute Gasteiger partial charge is 0.490 e. The number of carbonyl (C=O) groups is 2. The quantitative estimate of drug-likeness (QED) is 0.573. The van der Waals surface area contributed by atoms with Crippen LogP contribution in [0.15, 0.2) is 24.5 Å². The molecule has 3 fully saturated rings. The van der Waals surface area contributed by atoms with Crippen molar-refractivity contribution >= 4 is 11.9 Å². The summed E-state index contributed by atoms with van der Waals surface area (Å²) in [4.78, 5) is 27.5. The molecule has 1 aromatic heterocycles. The van der Waals surface area contributed by atoms with Gasteiger partial charge >= 0.3 is 24.3 Å². The minimum absolute atomic E-state index is 0.445. The van der Waals surface area contributed by atoms with Crippen LogP contribution >= 0.6 is 0 Å². The maximum atomic E-state index is 10.6. The molecule has 0 radical (unpaired) electrons. The van der Waals surface area contributed by atoms with Gasteiger partial charge in [-0.15, -0.1) is 0 Å². The van der Waals surface area contributed by atoms with Gasteiger partial charge in [0, 0.05) is 63.7 Å². The Morgan fingerprint density at radius 1 is 1.06 bits per heavy atom. The summed E-state index contributed by atoms with van der Waals surface area (Å²) < 4.78 is 69.3. The van der Waals surface area contributed by atoms with Crippen LogP contribution in [0.1, 0.15) is 31.2 Å². The molecule has 4 rings (SSSR count). The summed E-state index contributed by atoms with van der Waals surface area (Å²) in [5.41, 5.74) is 1.32. The second kappa shape index (κ2) is 12.7. The van der Waals surface area contributed by atoms with Gasteiger partial charge in [0.05, 0.1) is 6.10 Å². The third-order valence-electron chi connectivity index (χ3n) is 6.44. The molecule has 14 heteroatoms. The number of hydrogen-bond donors (Lipinski definition) is 2. The van der Waals surface area contributed by atoms with Crippen LogP contribution in [0.5, 0.6) is 0 Å². The van der Waals surface area contributed by atoms with Crippen molar-refractivity contribution < 1.29 is 50.9 Å². The molecule has 2 N–H and O–H groups in total. The minimum atomic E-state index is -5.08. The molecule has 0 aromatic carbocycles. The number of carboxylic acid groups (broad SMARTS) is 2. The van der Waals surface area contributed by atoms with Crippen molar-refractivity contribution in [1.82, 2.24) is 14.8 Å². The van der Waals surface area contributed by atoms with Crippen LogP contribution in [-0.4, -0.2) is 94.2 Å². The van der Waals surface area contributed by atoms with E-state index in [1.807, 2.05) is 25.6 Å². The van der Waals surface area contributed by atoms with E-state index in [1.165, 1.54) is 50.9 Å². The molecule has 0 unspecified atom stereocenters. The number of likely N-dealkylation sites (tertiary alicyclic amines) is 2. The van der Waals surface area contributed by atoms with E-state index in [0.29, 0.717) is 18.1 Å². The number of ether oxygens (including phenoxy) is 1. The van der Waals surface area contributed by atoms with Gasteiger partial charge in [-0.3, -0.25) is 14.8 Å². The molecule has 204 valence electrons. The van der Waals surface area contributed by atoms with E-state index in [4.69, 9.17) is 24.5 Å². The van der Waals surface area contributed by atoms with Gasteiger partial charge in [0.15, 0.2) is 0 Å². The molecule has 1 aliphatic carbocycles. The number of alkyl halides is 6. The summed E-state index contributed by atoms with van der Waals surface area (Å²) in [7, 11) is 1.89. The molecule has 8 nitrogen and oxygen atoms in total. The second-order valence-corrected chi connectivity index (χ2v) is 8.78. The van der Waals surface area contributed by atoms with Crippen molar-refractivity contribution in [3.8, 4) is 0 Å². The molecule has 3 heterocycles. The number of carboxylic acids is 2. The van der Waals surface area contributed by atoms with Crippen molar-refractivity contribution in [1.29, 1.82) is 0 Å².